The van der Waals surface area contributed by atoms with Crippen molar-refractivity contribution in [1.29, 1.82) is 0 Å². The summed E-state index contributed by atoms with van der Waals surface area (Å²) >= 11 is 0. The minimum absolute atomic E-state index is 0.452. The molecule has 0 bridgehead atoms. The zero-order valence-corrected chi connectivity index (χ0v) is 11.4. The molecule has 3 N–H and O–H groups in total. The molecule has 1 saturated carbocycles. The van der Waals surface area contributed by atoms with Gasteiger partial charge in [0.05, 0.1) is 7.11 Å². The van der Waals surface area contributed by atoms with Gasteiger partial charge in [0.2, 0.25) is 0 Å². The van der Waals surface area contributed by atoms with Crippen LogP contribution in [0.3, 0.4) is 0 Å². The van der Waals surface area contributed by atoms with E-state index in [1.54, 1.807) is 7.11 Å². The Balaban J connectivity index is 1.74. The van der Waals surface area contributed by atoms with Gasteiger partial charge < -0.3 is 15.8 Å². The fraction of sp³-hybridized carbons (Fsp3) is 0.600. The van der Waals surface area contributed by atoms with Crippen LogP contribution >= 0.6 is 0 Å². The van der Waals surface area contributed by atoms with E-state index in [2.05, 4.69) is 30.4 Å². The largest absolute Gasteiger partial charge is 0.496 e. The van der Waals surface area contributed by atoms with Crippen LogP contribution in [-0.4, -0.2) is 26.2 Å². The molecule has 0 radical (unpaired) electrons. The van der Waals surface area contributed by atoms with Crippen molar-refractivity contribution < 1.29 is 4.74 Å². The van der Waals surface area contributed by atoms with Crippen LogP contribution in [0.15, 0.2) is 18.2 Å². The molecule has 0 amide bonds. The molecule has 1 aromatic carbocycles. The summed E-state index contributed by atoms with van der Waals surface area (Å²) in [5.41, 5.74) is 8.35. The lowest BCUT2D eigenvalue weighted by molar-refractivity contribution is 0.257. The third kappa shape index (κ3) is 3.47. The van der Waals surface area contributed by atoms with Crippen LogP contribution < -0.4 is 15.8 Å². The number of methoxy groups -OCH3 is 1. The first-order valence-electron chi connectivity index (χ1n) is 6.79. The maximum atomic E-state index is 5.77. The first kappa shape index (κ1) is 13.4. The van der Waals surface area contributed by atoms with E-state index in [-0.39, 0.29) is 0 Å². The molecule has 100 valence electrons. The Bertz CT molecular complexity index is 386. The quantitative estimate of drug-likeness (QED) is 0.756. The van der Waals surface area contributed by atoms with Gasteiger partial charge in [-0.05, 0) is 56.8 Å². The number of benzene rings is 1. The summed E-state index contributed by atoms with van der Waals surface area (Å²) in [5.74, 6) is 1.78. The molecule has 0 aliphatic heterocycles. The highest BCUT2D eigenvalue weighted by Crippen LogP contribution is 2.24. The maximum absolute atomic E-state index is 5.77. The van der Waals surface area contributed by atoms with E-state index in [4.69, 9.17) is 10.5 Å². The van der Waals surface area contributed by atoms with Gasteiger partial charge in [-0.2, -0.15) is 0 Å². The number of nitrogens with one attached hydrogen (secondary N) is 1. The van der Waals surface area contributed by atoms with E-state index in [0.29, 0.717) is 6.04 Å². The Morgan fingerprint density at radius 3 is 2.83 bits per heavy atom. The third-order valence-corrected chi connectivity index (χ3v) is 3.71. The number of aryl methyl sites for hydroxylation is 1. The highest BCUT2D eigenvalue weighted by molar-refractivity contribution is 5.37. The summed E-state index contributed by atoms with van der Waals surface area (Å²) in [6, 6.07) is 6.80. The first-order valence-corrected chi connectivity index (χ1v) is 6.79. The standard InChI is InChI=1S/C15H24N2O/c1-11-3-4-15(18-2)13(7-11)5-6-17-10-12-8-14(16)9-12/h3-4,7,12,14,17H,5-6,8-10,16H2,1-2H3. The molecule has 3 heteroatoms. The normalized spacial score (nSPS) is 22.6. The van der Waals surface area contributed by atoms with Crippen LogP contribution in [0.4, 0.5) is 0 Å². The van der Waals surface area contributed by atoms with Crippen molar-refractivity contribution in [3.05, 3.63) is 29.3 Å². The lowest BCUT2D eigenvalue weighted by Gasteiger charge is -2.32. The average molecular weight is 248 g/mol. The Hall–Kier alpha value is -1.06. The Labute approximate surface area is 110 Å². The van der Waals surface area contributed by atoms with Gasteiger partial charge in [0.15, 0.2) is 0 Å². The van der Waals surface area contributed by atoms with E-state index >= 15 is 0 Å². The molecule has 1 fully saturated rings. The molecule has 2 rings (SSSR count). The molecule has 3 nitrogen and oxygen atoms in total. The summed E-state index contributed by atoms with van der Waals surface area (Å²) in [6.07, 6.45) is 3.38. The van der Waals surface area contributed by atoms with Gasteiger partial charge >= 0.3 is 0 Å². The number of ether oxygens (including phenoxy) is 1. The van der Waals surface area contributed by atoms with Crippen molar-refractivity contribution in [1.82, 2.24) is 5.32 Å². The third-order valence-electron chi connectivity index (χ3n) is 3.71. The van der Waals surface area contributed by atoms with Crippen LogP contribution in [0.2, 0.25) is 0 Å². The maximum Gasteiger partial charge on any atom is 0.122 e. The molecule has 0 spiro atoms. The number of nitrogens with two attached hydrogens (primary N) is 1. The summed E-state index contributed by atoms with van der Waals surface area (Å²) in [4.78, 5) is 0. The van der Waals surface area contributed by atoms with Gasteiger partial charge in [0, 0.05) is 6.04 Å². The predicted octanol–water partition coefficient (Wildman–Crippen LogP) is 1.87. The van der Waals surface area contributed by atoms with E-state index in [1.165, 1.54) is 24.0 Å². The summed E-state index contributed by atoms with van der Waals surface area (Å²) < 4.78 is 5.38. The highest BCUT2D eigenvalue weighted by Gasteiger charge is 2.24. The monoisotopic (exact) mass is 248 g/mol. The predicted molar refractivity (Wildman–Crippen MR) is 75.0 cm³/mol. The molecule has 0 atom stereocenters. The molecule has 0 heterocycles. The van der Waals surface area contributed by atoms with Crippen LogP contribution in [0.25, 0.3) is 0 Å². The van der Waals surface area contributed by atoms with Gasteiger partial charge in [0.1, 0.15) is 5.75 Å². The summed E-state index contributed by atoms with van der Waals surface area (Å²) in [5, 5.41) is 3.52. The van der Waals surface area contributed by atoms with Crippen molar-refractivity contribution in [2.45, 2.75) is 32.2 Å². The lowest BCUT2D eigenvalue weighted by atomic mass is 9.81. The van der Waals surface area contributed by atoms with Crippen LogP contribution in [0.5, 0.6) is 5.75 Å². The van der Waals surface area contributed by atoms with Crippen LogP contribution in [-0.2, 0) is 6.42 Å². The fourth-order valence-corrected chi connectivity index (χ4v) is 2.59. The number of hydrogen-bond donors (Lipinski definition) is 2. The van der Waals surface area contributed by atoms with Crippen LogP contribution in [0.1, 0.15) is 24.0 Å². The first-order chi connectivity index (χ1) is 8.69. The van der Waals surface area contributed by atoms with Crippen molar-refractivity contribution in [3.8, 4) is 5.75 Å². The fourth-order valence-electron chi connectivity index (χ4n) is 2.59. The summed E-state index contributed by atoms with van der Waals surface area (Å²) in [6.45, 7) is 4.22. The van der Waals surface area contributed by atoms with E-state index in [9.17, 15) is 0 Å². The second-order valence-electron chi connectivity index (χ2n) is 5.37. The second kappa shape index (κ2) is 6.21. The molecule has 1 aliphatic carbocycles. The second-order valence-corrected chi connectivity index (χ2v) is 5.37. The molecule has 18 heavy (non-hydrogen) atoms. The Morgan fingerprint density at radius 2 is 2.17 bits per heavy atom. The Kier molecular flexibility index (Phi) is 4.61. The highest BCUT2D eigenvalue weighted by atomic mass is 16.5. The number of rotatable bonds is 6. The summed E-state index contributed by atoms with van der Waals surface area (Å²) in [7, 11) is 1.73. The van der Waals surface area contributed by atoms with Crippen molar-refractivity contribution in [2.75, 3.05) is 20.2 Å². The topological polar surface area (TPSA) is 47.3 Å². The molecule has 1 aromatic rings. The van der Waals surface area contributed by atoms with Crippen LogP contribution in [0, 0.1) is 12.8 Å². The lowest BCUT2D eigenvalue weighted by Crippen LogP contribution is -2.41. The molecule has 1 aliphatic rings. The van der Waals surface area contributed by atoms with E-state index in [1.807, 2.05) is 0 Å². The smallest absolute Gasteiger partial charge is 0.122 e. The number of hydrogen-bond acceptors (Lipinski definition) is 3. The zero-order valence-electron chi connectivity index (χ0n) is 11.4. The van der Waals surface area contributed by atoms with Gasteiger partial charge in [-0.1, -0.05) is 17.7 Å². The van der Waals surface area contributed by atoms with Gasteiger partial charge in [-0.15, -0.1) is 0 Å². The van der Waals surface area contributed by atoms with Gasteiger partial charge in [-0.25, -0.2) is 0 Å². The minimum atomic E-state index is 0.452. The van der Waals surface area contributed by atoms with Crippen molar-refractivity contribution in [3.63, 3.8) is 0 Å². The molecular weight excluding hydrogens is 224 g/mol. The molecule has 0 saturated heterocycles. The van der Waals surface area contributed by atoms with E-state index < -0.39 is 0 Å². The van der Waals surface area contributed by atoms with Gasteiger partial charge in [0.25, 0.3) is 0 Å². The minimum Gasteiger partial charge on any atom is -0.496 e. The zero-order chi connectivity index (χ0) is 13.0. The average Bonchev–Trinajstić information content (AvgIpc) is 2.32. The van der Waals surface area contributed by atoms with E-state index in [0.717, 1.165) is 31.2 Å². The molecule has 0 aromatic heterocycles. The van der Waals surface area contributed by atoms with Crippen molar-refractivity contribution in [2.24, 2.45) is 11.7 Å². The molecular formula is C15H24N2O. The Morgan fingerprint density at radius 1 is 1.39 bits per heavy atom. The molecule has 0 unspecified atom stereocenters. The van der Waals surface area contributed by atoms with Gasteiger partial charge in [-0.3, -0.25) is 0 Å². The van der Waals surface area contributed by atoms with Crippen molar-refractivity contribution >= 4 is 0 Å². The SMILES string of the molecule is COc1ccc(C)cc1CCNCC1CC(N)C1.